The van der Waals surface area contributed by atoms with Gasteiger partial charge in [-0.25, -0.2) is 0 Å². The molecule has 2 aliphatic heterocycles. The summed E-state index contributed by atoms with van der Waals surface area (Å²) < 4.78 is 0.364. The Balaban J connectivity index is 1.19. The molecule has 0 radical (unpaired) electrons. The number of piperazine rings is 1. The van der Waals surface area contributed by atoms with Crippen LogP contribution in [0.15, 0.2) is 4.99 Å². The highest BCUT2D eigenvalue weighted by Crippen LogP contribution is 2.52. The molecule has 0 bridgehead atoms. The van der Waals surface area contributed by atoms with Crippen LogP contribution in [0.1, 0.15) is 78.6 Å². The van der Waals surface area contributed by atoms with Crippen molar-refractivity contribution in [2.75, 3.05) is 45.8 Å². The van der Waals surface area contributed by atoms with Crippen molar-refractivity contribution in [3.8, 4) is 0 Å². The van der Waals surface area contributed by atoms with Gasteiger partial charge in [0.1, 0.15) is 0 Å². The van der Waals surface area contributed by atoms with Gasteiger partial charge in [-0.2, -0.15) is 0 Å². The fourth-order valence-corrected chi connectivity index (χ4v) is 7.55. The molecule has 0 aromatic carbocycles. The number of amidine groups is 1. The Kier molecular flexibility index (Phi) is 7.18. The van der Waals surface area contributed by atoms with Gasteiger partial charge in [0, 0.05) is 49.6 Å². The second-order valence-electron chi connectivity index (χ2n) is 10.9. The minimum atomic E-state index is 0.168. The summed E-state index contributed by atoms with van der Waals surface area (Å²) in [5.41, 5.74) is 0.168. The van der Waals surface area contributed by atoms with Crippen molar-refractivity contribution in [2.45, 2.75) is 88.8 Å². The highest BCUT2D eigenvalue weighted by atomic mass is 32.2. The molecular weight excluding hydrogens is 376 g/mol. The van der Waals surface area contributed by atoms with Crippen LogP contribution >= 0.6 is 11.8 Å². The zero-order chi connectivity index (χ0) is 20.3. The van der Waals surface area contributed by atoms with Crippen LogP contribution in [0.4, 0.5) is 0 Å². The third-order valence-corrected chi connectivity index (χ3v) is 10.0. The normalized spacial score (nSPS) is 36.0. The molecule has 2 saturated heterocycles. The van der Waals surface area contributed by atoms with Crippen LogP contribution in [0, 0.1) is 11.8 Å². The molecule has 2 aliphatic carbocycles. The number of rotatable bonds is 5. The Hall–Kier alpha value is -0.260. The van der Waals surface area contributed by atoms with Gasteiger partial charge in [0.15, 0.2) is 5.17 Å². The lowest BCUT2D eigenvalue weighted by molar-refractivity contribution is 0.112. The molecule has 4 rings (SSSR count). The summed E-state index contributed by atoms with van der Waals surface area (Å²) in [7, 11) is 0. The fraction of sp³-hybridized carbons (Fsp3) is 0.958. The van der Waals surface area contributed by atoms with Crippen LogP contribution < -0.4 is 5.32 Å². The van der Waals surface area contributed by atoms with Crippen LogP contribution in [0.2, 0.25) is 0 Å². The van der Waals surface area contributed by atoms with Crippen LogP contribution in [-0.2, 0) is 0 Å². The van der Waals surface area contributed by atoms with E-state index >= 15 is 0 Å². The molecular formula is C24H44N4S. The van der Waals surface area contributed by atoms with Gasteiger partial charge in [-0.1, -0.05) is 37.9 Å². The number of nitrogens with zero attached hydrogens (tertiary/aromatic N) is 3. The Morgan fingerprint density at radius 1 is 0.966 bits per heavy atom. The monoisotopic (exact) mass is 420 g/mol. The average Bonchev–Trinajstić information content (AvgIpc) is 2.96. The van der Waals surface area contributed by atoms with Gasteiger partial charge < -0.3 is 10.2 Å². The summed E-state index contributed by atoms with van der Waals surface area (Å²) >= 11 is 2.06. The maximum absolute atomic E-state index is 5.01. The summed E-state index contributed by atoms with van der Waals surface area (Å²) in [5.74, 6) is 1.88. The molecule has 1 spiro atoms. The van der Waals surface area contributed by atoms with Crippen molar-refractivity contribution in [3.05, 3.63) is 0 Å². The van der Waals surface area contributed by atoms with E-state index < -0.39 is 0 Å². The van der Waals surface area contributed by atoms with Crippen molar-refractivity contribution in [3.63, 3.8) is 0 Å². The lowest BCUT2D eigenvalue weighted by Crippen LogP contribution is -2.52. The third kappa shape index (κ3) is 5.33. The van der Waals surface area contributed by atoms with Gasteiger partial charge in [0.05, 0.1) is 6.54 Å². The molecule has 0 unspecified atom stereocenters. The molecule has 4 nitrogen and oxygen atoms in total. The van der Waals surface area contributed by atoms with Crippen molar-refractivity contribution in [2.24, 2.45) is 16.8 Å². The number of hydrogen-bond donors (Lipinski definition) is 1. The van der Waals surface area contributed by atoms with Crippen LogP contribution in [-0.4, -0.2) is 71.1 Å². The first kappa shape index (κ1) is 22.0. The minimum absolute atomic E-state index is 0.168. The smallest absolute Gasteiger partial charge is 0.157 e. The topological polar surface area (TPSA) is 30.9 Å². The van der Waals surface area contributed by atoms with Gasteiger partial charge in [0.2, 0.25) is 0 Å². The van der Waals surface area contributed by atoms with Gasteiger partial charge in [-0.15, -0.1) is 0 Å². The van der Waals surface area contributed by atoms with E-state index in [4.69, 9.17) is 4.99 Å². The van der Waals surface area contributed by atoms with E-state index in [1.165, 1.54) is 95.7 Å². The van der Waals surface area contributed by atoms with Crippen molar-refractivity contribution < 1.29 is 0 Å². The number of hydrogen-bond acceptors (Lipinski definition) is 4. The highest BCUT2D eigenvalue weighted by Gasteiger charge is 2.53. The zero-order valence-electron chi connectivity index (χ0n) is 19.2. The van der Waals surface area contributed by atoms with Gasteiger partial charge in [-0.05, 0) is 64.2 Å². The lowest BCUT2D eigenvalue weighted by Gasteiger charge is -2.43. The van der Waals surface area contributed by atoms with E-state index in [1.54, 1.807) is 0 Å². The Labute approximate surface area is 183 Å². The summed E-state index contributed by atoms with van der Waals surface area (Å²) in [6.45, 7) is 15.6. The Morgan fingerprint density at radius 2 is 1.62 bits per heavy atom. The molecule has 29 heavy (non-hydrogen) atoms. The molecule has 0 atom stereocenters. The van der Waals surface area contributed by atoms with Crippen molar-refractivity contribution in [1.29, 1.82) is 0 Å². The summed E-state index contributed by atoms with van der Waals surface area (Å²) in [6, 6.07) is 0. The average molecular weight is 421 g/mol. The van der Waals surface area contributed by atoms with E-state index in [0.717, 1.165) is 24.9 Å². The zero-order valence-corrected chi connectivity index (χ0v) is 20.0. The molecule has 4 aliphatic rings. The van der Waals surface area contributed by atoms with Crippen LogP contribution in [0.5, 0.6) is 0 Å². The number of nitrogens with one attached hydrogen (secondary N) is 1. The lowest BCUT2D eigenvalue weighted by atomic mass is 9.73. The van der Waals surface area contributed by atoms with E-state index in [-0.39, 0.29) is 5.54 Å². The maximum Gasteiger partial charge on any atom is 0.157 e. The highest BCUT2D eigenvalue weighted by molar-refractivity contribution is 8.15. The van der Waals surface area contributed by atoms with Gasteiger partial charge in [0.25, 0.3) is 0 Å². The largest absolute Gasteiger partial charge is 0.359 e. The third-order valence-electron chi connectivity index (χ3n) is 8.31. The summed E-state index contributed by atoms with van der Waals surface area (Å²) in [6.07, 6.45) is 12.8. The first-order valence-electron chi connectivity index (χ1n) is 12.4. The van der Waals surface area contributed by atoms with Crippen molar-refractivity contribution >= 4 is 16.9 Å². The van der Waals surface area contributed by atoms with Crippen molar-refractivity contribution in [1.82, 2.24) is 15.1 Å². The fourth-order valence-electron chi connectivity index (χ4n) is 5.97. The quantitative estimate of drug-likeness (QED) is 0.704. The molecule has 2 heterocycles. The molecule has 166 valence electrons. The molecule has 0 amide bonds. The summed E-state index contributed by atoms with van der Waals surface area (Å²) in [4.78, 5) is 10.4. The van der Waals surface area contributed by atoms with E-state index in [9.17, 15) is 0 Å². The number of thioether (sulfide) groups is 1. The van der Waals surface area contributed by atoms with E-state index in [0.29, 0.717) is 4.75 Å². The molecule has 4 fully saturated rings. The molecule has 5 heteroatoms. The molecule has 0 aromatic heterocycles. The van der Waals surface area contributed by atoms with E-state index in [2.05, 4.69) is 47.6 Å². The number of aliphatic imine (C=N–C) groups is 1. The predicted molar refractivity (Wildman–Crippen MR) is 127 cm³/mol. The van der Waals surface area contributed by atoms with Crippen LogP contribution in [0.25, 0.3) is 0 Å². The van der Waals surface area contributed by atoms with Crippen LogP contribution in [0.3, 0.4) is 0 Å². The second-order valence-corrected chi connectivity index (χ2v) is 12.2. The SMILES string of the molecule is CC1CCC2(CC1)SC(=NCCN1CCN(CC3CCCCC3)CC1)NC2(C)C. The molecule has 2 saturated carbocycles. The van der Waals surface area contributed by atoms with Gasteiger partial charge >= 0.3 is 0 Å². The molecule has 0 aromatic rings. The van der Waals surface area contributed by atoms with Gasteiger partial charge in [-0.3, -0.25) is 9.89 Å². The Bertz CT molecular complexity index is 553. The standard InChI is InChI=1S/C24H44N4S/c1-20-9-11-24(12-10-20)23(2,3)26-22(29-24)25-13-14-27-15-17-28(18-16-27)19-21-7-5-4-6-8-21/h20-21H,4-19H2,1-3H3,(H,25,26). The summed E-state index contributed by atoms with van der Waals surface area (Å²) in [5, 5.41) is 4.99. The van der Waals surface area contributed by atoms with E-state index in [1.807, 2.05) is 0 Å². The minimum Gasteiger partial charge on any atom is -0.359 e. The first-order chi connectivity index (χ1) is 14.0. The Morgan fingerprint density at radius 3 is 2.31 bits per heavy atom. The predicted octanol–water partition coefficient (Wildman–Crippen LogP) is 4.60. The molecule has 1 N–H and O–H groups in total. The maximum atomic E-state index is 5.01. The second kappa shape index (κ2) is 9.48. The first-order valence-corrected chi connectivity index (χ1v) is 13.2.